The van der Waals surface area contributed by atoms with Gasteiger partial charge in [-0.05, 0) is 46.1 Å². The van der Waals surface area contributed by atoms with E-state index in [-0.39, 0.29) is 0 Å². The highest BCUT2D eigenvalue weighted by atomic mass is 15.1. The predicted molar refractivity (Wildman–Crippen MR) is 68.5 cm³/mol. The molecule has 1 fully saturated rings. The lowest BCUT2D eigenvalue weighted by molar-refractivity contribution is 0.304. The van der Waals surface area contributed by atoms with E-state index >= 15 is 0 Å². The zero-order chi connectivity index (χ0) is 11.7. The van der Waals surface area contributed by atoms with Crippen molar-refractivity contribution < 1.29 is 0 Å². The van der Waals surface area contributed by atoms with Gasteiger partial charge in [-0.15, -0.1) is 0 Å². The van der Waals surface area contributed by atoms with Gasteiger partial charge < -0.3 is 4.57 Å². The van der Waals surface area contributed by atoms with Crippen molar-refractivity contribution >= 4 is 12.7 Å². The highest BCUT2D eigenvalue weighted by molar-refractivity contribution is 5.36. The average Bonchev–Trinajstić information content (AvgIpc) is 2.40. The molecule has 1 aliphatic rings. The Hall–Kier alpha value is -1.31. The van der Waals surface area contributed by atoms with Crippen LogP contribution in [0.3, 0.4) is 0 Å². The van der Waals surface area contributed by atoms with E-state index in [1.807, 2.05) is 0 Å². The van der Waals surface area contributed by atoms with Crippen molar-refractivity contribution in [2.75, 3.05) is 0 Å². The van der Waals surface area contributed by atoms with Gasteiger partial charge in [0.15, 0.2) is 0 Å². The van der Waals surface area contributed by atoms with Gasteiger partial charge in [0, 0.05) is 6.04 Å². The molecule has 2 rings (SSSR count). The first-order valence-electron chi connectivity index (χ1n) is 5.98. The monoisotopic (exact) mass is 216 g/mol. The van der Waals surface area contributed by atoms with Crippen molar-refractivity contribution in [3.05, 3.63) is 28.2 Å². The highest BCUT2D eigenvalue weighted by Crippen LogP contribution is 2.30. The molecule has 2 nitrogen and oxygen atoms in total. The zero-order valence-corrected chi connectivity index (χ0v) is 10.5. The molecule has 0 atom stereocenters. The molecule has 0 unspecified atom stereocenters. The molecule has 1 heterocycles. The minimum Gasteiger partial charge on any atom is -0.326 e. The number of hydrogen-bond donors (Lipinski definition) is 0. The Kier molecular flexibility index (Phi) is 2.99. The van der Waals surface area contributed by atoms with Gasteiger partial charge in [-0.1, -0.05) is 18.2 Å². The quantitative estimate of drug-likeness (QED) is 0.740. The molecule has 1 aliphatic carbocycles. The summed E-state index contributed by atoms with van der Waals surface area (Å²) in [5, 5.41) is 2.09. The van der Waals surface area contributed by atoms with Gasteiger partial charge in [-0.2, -0.15) is 0 Å². The second-order valence-corrected chi connectivity index (χ2v) is 4.86. The summed E-state index contributed by atoms with van der Waals surface area (Å²) in [6.07, 6.45) is 8.07. The molecule has 1 saturated carbocycles. The lowest BCUT2D eigenvalue weighted by atomic mass is 9.93. The Balaban J connectivity index is 2.46. The molecule has 0 saturated heterocycles. The minimum absolute atomic E-state index is 0.647. The Morgan fingerprint density at radius 1 is 1.44 bits per heavy atom. The van der Waals surface area contributed by atoms with Gasteiger partial charge in [0.1, 0.15) is 5.82 Å². The van der Waals surface area contributed by atoms with Crippen LogP contribution in [0, 0.1) is 6.92 Å². The summed E-state index contributed by atoms with van der Waals surface area (Å²) in [4.78, 5) is 4.59. The Bertz CT molecular complexity index is 512. The van der Waals surface area contributed by atoms with E-state index in [0.29, 0.717) is 6.04 Å². The predicted octanol–water partition coefficient (Wildman–Crippen LogP) is 2.07. The average molecular weight is 216 g/mol. The first-order valence-corrected chi connectivity index (χ1v) is 5.98. The van der Waals surface area contributed by atoms with Crippen LogP contribution >= 0.6 is 0 Å². The fraction of sp³-hybridized carbons (Fsp3) is 0.500. The van der Waals surface area contributed by atoms with E-state index in [4.69, 9.17) is 0 Å². The van der Waals surface area contributed by atoms with E-state index in [1.54, 1.807) is 0 Å². The summed E-state index contributed by atoms with van der Waals surface area (Å²) in [6.45, 7) is 10.4. The molecule has 1 aromatic rings. The van der Waals surface area contributed by atoms with Crippen LogP contribution in [0.25, 0.3) is 12.7 Å². The van der Waals surface area contributed by atoms with Crippen molar-refractivity contribution in [1.29, 1.82) is 0 Å². The zero-order valence-electron chi connectivity index (χ0n) is 10.5. The van der Waals surface area contributed by atoms with Crippen LogP contribution in [0.2, 0.25) is 0 Å². The van der Waals surface area contributed by atoms with Crippen molar-refractivity contribution in [2.45, 2.75) is 46.1 Å². The SMILES string of the molecule is C=c1/c(=C\C=C(C)C)nc(C)n1C1CCC1. The van der Waals surface area contributed by atoms with Crippen LogP contribution in [-0.4, -0.2) is 9.55 Å². The Morgan fingerprint density at radius 3 is 2.62 bits per heavy atom. The van der Waals surface area contributed by atoms with Crippen LogP contribution < -0.4 is 10.7 Å². The highest BCUT2D eigenvalue weighted by Gasteiger charge is 2.21. The summed E-state index contributed by atoms with van der Waals surface area (Å²) in [5.74, 6) is 1.10. The second kappa shape index (κ2) is 4.28. The first kappa shape index (κ1) is 11.2. The van der Waals surface area contributed by atoms with Gasteiger partial charge >= 0.3 is 0 Å². The number of imidazole rings is 1. The Labute approximate surface area is 97.0 Å². The van der Waals surface area contributed by atoms with E-state index < -0.39 is 0 Å². The third-order valence-electron chi connectivity index (χ3n) is 3.23. The molecule has 0 spiro atoms. The second-order valence-electron chi connectivity index (χ2n) is 4.86. The lowest BCUT2D eigenvalue weighted by Crippen LogP contribution is -2.33. The van der Waals surface area contributed by atoms with E-state index in [9.17, 15) is 0 Å². The molecule has 0 aliphatic heterocycles. The number of aryl methyl sites for hydroxylation is 1. The molecule has 0 amide bonds. The van der Waals surface area contributed by atoms with Crippen molar-refractivity contribution in [1.82, 2.24) is 9.55 Å². The van der Waals surface area contributed by atoms with Crippen molar-refractivity contribution in [3.8, 4) is 0 Å². The lowest BCUT2D eigenvalue weighted by Gasteiger charge is -2.28. The maximum Gasteiger partial charge on any atom is 0.106 e. The van der Waals surface area contributed by atoms with Crippen LogP contribution in [-0.2, 0) is 0 Å². The first-order chi connectivity index (χ1) is 7.59. The van der Waals surface area contributed by atoms with Crippen LogP contribution in [0.5, 0.6) is 0 Å². The maximum absolute atomic E-state index is 4.59. The standard InChI is InChI=1S/C14H20N2/c1-10(2)8-9-14-11(3)16(12(4)15-14)13-6-5-7-13/h8-9,13H,3,5-7H2,1-2,4H3/b14-9+. The number of allylic oxidation sites excluding steroid dienone is 2. The van der Waals surface area contributed by atoms with E-state index in [2.05, 4.69) is 49.1 Å². The van der Waals surface area contributed by atoms with Crippen molar-refractivity contribution in [3.63, 3.8) is 0 Å². The van der Waals surface area contributed by atoms with E-state index in [1.165, 1.54) is 24.8 Å². The largest absolute Gasteiger partial charge is 0.326 e. The van der Waals surface area contributed by atoms with Gasteiger partial charge in [0.2, 0.25) is 0 Å². The molecule has 0 aromatic carbocycles. The van der Waals surface area contributed by atoms with Gasteiger partial charge in [0.05, 0.1) is 10.7 Å². The van der Waals surface area contributed by atoms with E-state index in [0.717, 1.165) is 16.5 Å². The molecule has 16 heavy (non-hydrogen) atoms. The van der Waals surface area contributed by atoms with Crippen LogP contribution in [0.1, 0.15) is 45.0 Å². The number of nitrogens with zero attached hydrogens (tertiary/aromatic N) is 2. The Morgan fingerprint density at radius 2 is 2.12 bits per heavy atom. The molecule has 86 valence electrons. The molecular formula is C14H20N2. The van der Waals surface area contributed by atoms with Gasteiger partial charge in [-0.25, -0.2) is 4.98 Å². The van der Waals surface area contributed by atoms with Crippen molar-refractivity contribution in [2.24, 2.45) is 0 Å². The summed E-state index contributed by atoms with van der Waals surface area (Å²) in [7, 11) is 0. The maximum atomic E-state index is 4.59. The number of aromatic nitrogens is 2. The van der Waals surface area contributed by atoms with Crippen LogP contribution in [0.4, 0.5) is 0 Å². The molecule has 0 N–H and O–H groups in total. The fourth-order valence-electron chi connectivity index (χ4n) is 2.12. The van der Waals surface area contributed by atoms with Crippen LogP contribution in [0.15, 0.2) is 11.6 Å². The summed E-state index contributed by atoms with van der Waals surface area (Å²) in [6, 6.07) is 0.647. The van der Waals surface area contributed by atoms with Gasteiger partial charge in [0.25, 0.3) is 0 Å². The molecule has 0 bridgehead atoms. The minimum atomic E-state index is 0.647. The molecule has 2 heteroatoms. The summed E-state index contributed by atoms with van der Waals surface area (Å²) < 4.78 is 2.30. The smallest absolute Gasteiger partial charge is 0.106 e. The summed E-state index contributed by atoms with van der Waals surface area (Å²) in [5.41, 5.74) is 1.29. The molecule has 1 aromatic heterocycles. The fourth-order valence-corrected chi connectivity index (χ4v) is 2.12. The topological polar surface area (TPSA) is 17.8 Å². The summed E-state index contributed by atoms with van der Waals surface area (Å²) >= 11 is 0. The third-order valence-corrected chi connectivity index (χ3v) is 3.23. The number of rotatable bonds is 2. The number of hydrogen-bond acceptors (Lipinski definition) is 1. The molecular weight excluding hydrogens is 196 g/mol. The third kappa shape index (κ3) is 1.97. The molecule has 0 radical (unpaired) electrons. The normalized spacial score (nSPS) is 17.3. The van der Waals surface area contributed by atoms with Gasteiger partial charge in [-0.3, -0.25) is 0 Å².